The molecule has 4 nitrogen and oxygen atoms in total. The van der Waals surface area contributed by atoms with Gasteiger partial charge < -0.3 is 19.4 Å². The Kier molecular flexibility index (Phi) is 8.94. The molecule has 0 spiro atoms. The van der Waals surface area contributed by atoms with E-state index in [1.807, 2.05) is 36.8 Å². The molecule has 23 heavy (non-hydrogen) atoms. The summed E-state index contributed by atoms with van der Waals surface area (Å²) in [5.41, 5.74) is 0. The van der Waals surface area contributed by atoms with Gasteiger partial charge in [0.15, 0.2) is 0 Å². The molecule has 0 unspecified atom stereocenters. The molecule has 0 saturated heterocycles. The maximum atomic E-state index is 11.2. The van der Waals surface area contributed by atoms with E-state index < -0.39 is 12.3 Å². The Morgan fingerprint density at radius 3 is 1.48 bits per heavy atom. The summed E-state index contributed by atoms with van der Waals surface area (Å²) in [7, 11) is 0. The molecule has 0 amide bonds. The summed E-state index contributed by atoms with van der Waals surface area (Å²) in [5, 5.41) is 11.2. The van der Waals surface area contributed by atoms with Gasteiger partial charge in [-0.15, -0.1) is 23.5 Å². The monoisotopic (exact) mass is 358 g/mol. The SMILES string of the molecule is CSc1ccc(OC(Oc2ccc(SC)cc2)C(=O)[O-])cc1.[Na+]. The number of hydrogen-bond donors (Lipinski definition) is 0. The molecule has 0 aliphatic heterocycles. The van der Waals surface area contributed by atoms with Gasteiger partial charge in [-0.05, 0) is 61.0 Å². The molecule has 2 rings (SSSR count). The van der Waals surface area contributed by atoms with Crippen LogP contribution in [0.15, 0.2) is 58.3 Å². The van der Waals surface area contributed by atoms with E-state index in [1.165, 1.54) is 0 Å². The summed E-state index contributed by atoms with van der Waals surface area (Å²) in [6.45, 7) is 0. The first-order valence-corrected chi connectivity index (χ1v) is 8.89. The molecule has 0 aliphatic rings. The van der Waals surface area contributed by atoms with E-state index in [4.69, 9.17) is 9.47 Å². The van der Waals surface area contributed by atoms with Crippen LogP contribution in [-0.4, -0.2) is 24.8 Å². The summed E-state index contributed by atoms with van der Waals surface area (Å²) >= 11 is 3.18. The largest absolute Gasteiger partial charge is 1.00 e. The molecule has 116 valence electrons. The molecular formula is C16H15NaO4S2. The van der Waals surface area contributed by atoms with Gasteiger partial charge in [-0.1, -0.05) is 0 Å². The Hall–Kier alpha value is -0.790. The van der Waals surface area contributed by atoms with Crippen LogP contribution in [0.2, 0.25) is 0 Å². The molecule has 0 aromatic heterocycles. The van der Waals surface area contributed by atoms with Gasteiger partial charge in [0, 0.05) is 9.79 Å². The topological polar surface area (TPSA) is 58.6 Å². The van der Waals surface area contributed by atoms with Crippen LogP contribution in [0.25, 0.3) is 0 Å². The van der Waals surface area contributed by atoms with Gasteiger partial charge >= 0.3 is 29.6 Å². The summed E-state index contributed by atoms with van der Waals surface area (Å²) in [6, 6.07) is 14.2. The first kappa shape index (κ1) is 20.3. The van der Waals surface area contributed by atoms with Crippen molar-refractivity contribution in [2.24, 2.45) is 0 Å². The summed E-state index contributed by atoms with van der Waals surface area (Å²) in [5.74, 6) is -0.608. The van der Waals surface area contributed by atoms with E-state index >= 15 is 0 Å². The van der Waals surface area contributed by atoms with Crippen molar-refractivity contribution in [1.29, 1.82) is 0 Å². The summed E-state index contributed by atoms with van der Waals surface area (Å²) < 4.78 is 10.7. The van der Waals surface area contributed by atoms with Crippen molar-refractivity contribution in [3.63, 3.8) is 0 Å². The minimum atomic E-state index is -1.50. The molecular weight excluding hydrogens is 343 g/mol. The minimum absolute atomic E-state index is 0. The molecule has 0 heterocycles. The van der Waals surface area contributed by atoms with E-state index in [9.17, 15) is 9.90 Å². The van der Waals surface area contributed by atoms with Crippen LogP contribution >= 0.6 is 23.5 Å². The second-order valence-corrected chi connectivity index (χ2v) is 6.00. The number of benzene rings is 2. The normalized spacial score (nSPS) is 10.0. The second kappa shape index (κ2) is 10.2. The Morgan fingerprint density at radius 1 is 0.870 bits per heavy atom. The van der Waals surface area contributed by atoms with Gasteiger partial charge in [0.1, 0.15) is 17.5 Å². The Morgan fingerprint density at radius 2 is 1.22 bits per heavy atom. The summed E-state index contributed by atoms with van der Waals surface area (Å²) in [6.07, 6.45) is 2.42. The smallest absolute Gasteiger partial charge is 0.543 e. The van der Waals surface area contributed by atoms with Crippen LogP contribution < -0.4 is 44.1 Å². The van der Waals surface area contributed by atoms with E-state index in [0.29, 0.717) is 11.5 Å². The molecule has 0 radical (unpaired) electrons. The maximum absolute atomic E-state index is 11.2. The molecule has 0 saturated carbocycles. The number of hydrogen-bond acceptors (Lipinski definition) is 6. The van der Waals surface area contributed by atoms with Crippen LogP contribution in [-0.2, 0) is 4.79 Å². The number of carboxylic acid groups (broad SMARTS) is 1. The van der Waals surface area contributed by atoms with Crippen molar-refractivity contribution in [1.82, 2.24) is 0 Å². The number of aliphatic carboxylic acids is 1. The van der Waals surface area contributed by atoms with Crippen molar-refractivity contribution < 1.29 is 48.9 Å². The van der Waals surface area contributed by atoms with E-state index in [-0.39, 0.29) is 29.6 Å². The molecule has 0 bridgehead atoms. The van der Waals surface area contributed by atoms with Gasteiger partial charge in [0.2, 0.25) is 0 Å². The van der Waals surface area contributed by atoms with E-state index in [2.05, 4.69) is 0 Å². The third-order valence-electron chi connectivity index (χ3n) is 2.80. The van der Waals surface area contributed by atoms with E-state index in [1.54, 1.807) is 47.8 Å². The van der Waals surface area contributed by atoms with Crippen LogP contribution in [0.3, 0.4) is 0 Å². The molecule has 0 N–H and O–H groups in total. The van der Waals surface area contributed by atoms with Crippen LogP contribution in [0.5, 0.6) is 11.5 Å². The predicted molar refractivity (Wildman–Crippen MR) is 86.5 cm³/mol. The van der Waals surface area contributed by atoms with Gasteiger partial charge in [-0.3, -0.25) is 0 Å². The maximum Gasteiger partial charge on any atom is 1.00 e. The number of carbonyl (C=O) groups excluding carboxylic acids is 1. The Bertz CT molecular complexity index is 567. The zero-order chi connectivity index (χ0) is 15.9. The van der Waals surface area contributed by atoms with Crippen LogP contribution in [0, 0.1) is 0 Å². The summed E-state index contributed by atoms with van der Waals surface area (Å²) in [4.78, 5) is 13.3. The van der Waals surface area contributed by atoms with Gasteiger partial charge in [-0.25, -0.2) is 0 Å². The second-order valence-electron chi connectivity index (χ2n) is 4.24. The number of carbonyl (C=O) groups is 1. The number of thioether (sulfide) groups is 2. The first-order chi connectivity index (χ1) is 10.6. The predicted octanol–water partition coefficient (Wildman–Crippen LogP) is -0.332. The van der Waals surface area contributed by atoms with Crippen molar-refractivity contribution in [3.8, 4) is 11.5 Å². The Labute approximate surface area is 166 Å². The minimum Gasteiger partial charge on any atom is -0.543 e. The number of ether oxygens (including phenoxy) is 2. The Balaban J connectivity index is 0.00000264. The van der Waals surface area contributed by atoms with Gasteiger partial charge in [0.25, 0.3) is 6.29 Å². The molecule has 0 aliphatic carbocycles. The van der Waals surface area contributed by atoms with Gasteiger partial charge in [-0.2, -0.15) is 0 Å². The molecule has 2 aromatic carbocycles. The average molecular weight is 358 g/mol. The molecule has 0 atom stereocenters. The van der Waals surface area contributed by atoms with Crippen molar-refractivity contribution in [2.45, 2.75) is 16.1 Å². The van der Waals surface area contributed by atoms with Crippen molar-refractivity contribution >= 4 is 29.5 Å². The average Bonchev–Trinajstić information content (AvgIpc) is 2.55. The zero-order valence-corrected chi connectivity index (χ0v) is 16.8. The zero-order valence-electron chi connectivity index (χ0n) is 13.1. The van der Waals surface area contributed by atoms with E-state index in [0.717, 1.165) is 9.79 Å². The number of carboxylic acids is 1. The fraction of sp³-hybridized carbons (Fsp3) is 0.188. The van der Waals surface area contributed by atoms with Crippen LogP contribution in [0.4, 0.5) is 0 Å². The van der Waals surface area contributed by atoms with Crippen molar-refractivity contribution in [2.75, 3.05) is 12.5 Å². The molecule has 0 fully saturated rings. The fourth-order valence-corrected chi connectivity index (χ4v) is 2.49. The van der Waals surface area contributed by atoms with Crippen LogP contribution in [0.1, 0.15) is 0 Å². The molecule has 2 aromatic rings. The fourth-order valence-electron chi connectivity index (χ4n) is 1.68. The van der Waals surface area contributed by atoms with Gasteiger partial charge in [0.05, 0.1) is 0 Å². The van der Waals surface area contributed by atoms with Crippen molar-refractivity contribution in [3.05, 3.63) is 48.5 Å². The third-order valence-corrected chi connectivity index (χ3v) is 4.28. The standard InChI is InChI=1S/C16H16O4S2.Na/c1-21-13-7-3-11(4-8-13)19-16(15(17)18)20-12-5-9-14(22-2)10-6-12;/h3-10,16H,1-2H3,(H,17,18);/q;+1/p-1. The first-order valence-electron chi connectivity index (χ1n) is 6.44. The number of rotatable bonds is 7. The third kappa shape index (κ3) is 6.31. The molecule has 7 heteroatoms. The quantitative estimate of drug-likeness (QED) is 0.384.